The highest BCUT2D eigenvalue weighted by Gasteiger charge is 2.21. The molecule has 114 valence electrons. The number of nitrogens with zero attached hydrogens (tertiary/aromatic N) is 2. The molecule has 0 saturated heterocycles. The first-order valence-corrected chi connectivity index (χ1v) is 6.91. The van der Waals surface area contributed by atoms with Crippen LogP contribution in [-0.4, -0.2) is 35.8 Å². The van der Waals surface area contributed by atoms with Gasteiger partial charge in [-0.3, -0.25) is 0 Å². The van der Waals surface area contributed by atoms with Gasteiger partial charge in [-0.2, -0.15) is 4.98 Å². The summed E-state index contributed by atoms with van der Waals surface area (Å²) >= 11 is 0. The number of anilines is 1. The second kappa shape index (κ2) is 6.39. The van der Waals surface area contributed by atoms with Gasteiger partial charge in [-0.05, 0) is 20.8 Å². The summed E-state index contributed by atoms with van der Waals surface area (Å²) in [6, 6.07) is 1.83. The van der Waals surface area contributed by atoms with E-state index in [1.54, 1.807) is 7.11 Å². The molecule has 0 amide bonds. The van der Waals surface area contributed by atoms with Crippen molar-refractivity contribution in [1.29, 1.82) is 0 Å². The lowest BCUT2D eigenvalue weighted by Gasteiger charge is -2.24. The standard InChI is InChI=1S/C15H27N3O2/c1-14(2,3)13-16-11(18-15(4,5)6)10-12(17-13)20-9-8-19-7/h10H,8-9H2,1-7H3,(H,16,17,18). The Morgan fingerprint density at radius 1 is 1.05 bits per heavy atom. The van der Waals surface area contributed by atoms with E-state index in [1.165, 1.54) is 0 Å². The summed E-state index contributed by atoms with van der Waals surface area (Å²) in [5.41, 5.74) is -0.192. The monoisotopic (exact) mass is 281 g/mol. The number of ether oxygens (including phenoxy) is 2. The third kappa shape index (κ3) is 5.74. The third-order valence-corrected chi connectivity index (χ3v) is 2.41. The van der Waals surface area contributed by atoms with Crippen LogP contribution in [0.2, 0.25) is 0 Å². The van der Waals surface area contributed by atoms with Gasteiger partial charge in [-0.25, -0.2) is 4.98 Å². The first-order chi connectivity index (χ1) is 9.12. The molecule has 0 bridgehead atoms. The van der Waals surface area contributed by atoms with Gasteiger partial charge < -0.3 is 14.8 Å². The first kappa shape index (κ1) is 16.7. The molecule has 0 atom stereocenters. The Balaban J connectivity index is 3.02. The zero-order chi connectivity index (χ0) is 15.4. The van der Waals surface area contributed by atoms with Crippen molar-refractivity contribution in [2.24, 2.45) is 0 Å². The minimum Gasteiger partial charge on any atom is -0.475 e. The van der Waals surface area contributed by atoms with Crippen molar-refractivity contribution in [3.8, 4) is 5.88 Å². The van der Waals surface area contributed by atoms with Crippen LogP contribution in [0.5, 0.6) is 5.88 Å². The van der Waals surface area contributed by atoms with Crippen molar-refractivity contribution in [2.45, 2.75) is 52.5 Å². The van der Waals surface area contributed by atoms with Crippen molar-refractivity contribution < 1.29 is 9.47 Å². The quantitative estimate of drug-likeness (QED) is 0.841. The zero-order valence-electron chi connectivity index (χ0n) is 13.7. The van der Waals surface area contributed by atoms with Crippen molar-refractivity contribution in [2.75, 3.05) is 25.6 Å². The van der Waals surface area contributed by atoms with E-state index in [0.717, 1.165) is 11.6 Å². The molecule has 0 spiro atoms. The molecule has 1 rings (SSSR count). The Morgan fingerprint density at radius 2 is 1.70 bits per heavy atom. The minimum absolute atomic E-state index is 0.0622. The Labute approximate surface area is 122 Å². The molecule has 0 unspecified atom stereocenters. The van der Waals surface area contributed by atoms with Gasteiger partial charge in [0.25, 0.3) is 0 Å². The van der Waals surface area contributed by atoms with E-state index in [1.807, 2.05) is 6.07 Å². The van der Waals surface area contributed by atoms with Crippen LogP contribution in [0.3, 0.4) is 0 Å². The number of hydrogen-bond donors (Lipinski definition) is 1. The maximum atomic E-state index is 5.62. The first-order valence-electron chi connectivity index (χ1n) is 6.91. The number of methoxy groups -OCH3 is 1. The Bertz CT molecular complexity index is 434. The fourth-order valence-corrected chi connectivity index (χ4v) is 1.51. The maximum absolute atomic E-state index is 5.62. The van der Waals surface area contributed by atoms with Crippen LogP contribution in [-0.2, 0) is 10.2 Å². The molecule has 0 radical (unpaired) electrons. The molecule has 0 saturated carbocycles. The summed E-state index contributed by atoms with van der Waals surface area (Å²) in [5.74, 6) is 2.12. The highest BCUT2D eigenvalue weighted by atomic mass is 16.5. The van der Waals surface area contributed by atoms with E-state index in [9.17, 15) is 0 Å². The fourth-order valence-electron chi connectivity index (χ4n) is 1.51. The number of hydrogen-bond acceptors (Lipinski definition) is 5. The largest absolute Gasteiger partial charge is 0.475 e. The fraction of sp³-hybridized carbons (Fsp3) is 0.733. The SMILES string of the molecule is COCCOc1cc(NC(C)(C)C)nc(C(C)(C)C)n1. The lowest BCUT2D eigenvalue weighted by Crippen LogP contribution is -2.28. The summed E-state index contributed by atoms with van der Waals surface area (Å²) in [4.78, 5) is 9.06. The molecule has 5 heteroatoms. The molecule has 0 aliphatic carbocycles. The molecule has 0 fully saturated rings. The van der Waals surface area contributed by atoms with Crippen molar-refractivity contribution in [1.82, 2.24) is 9.97 Å². The van der Waals surface area contributed by atoms with Gasteiger partial charge in [0.2, 0.25) is 5.88 Å². The summed E-state index contributed by atoms with van der Waals surface area (Å²) in [5, 5.41) is 3.36. The summed E-state index contributed by atoms with van der Waals surface area (Å²) < 4.78 is 10.6. The second-order valence-corrected chi connectivity index (χ2v) is 6.88. The minimum atomic E-state index is -0.130. The van der Waals surface area contributed by atoms with Crippen molar-refractivity contribution >= 4 is 5.82 Å². The van der Waals surface area contributed by atoms with Gasteiger partial charge >= 0.3 is 0 Å². The van der Waals surface area contributed by atoms with Gasteiger partial charge in [0, 0.05) is 24.1 Å². The highest BCUT2D eigenvalue weighted by Crippen LogP contribution is 2.24. The predicted octanol–water partition coefficient (Wildman–Crippen LogP) is 3.01. The molecule has 1 aromatic heterocycles. The Hall–Kier alpha value is -1.36. The van der Waals surface area contributed by atoms with Gasteiger partial charge in [0.05, 0.1) is 6.61 Å². The molecule has 1 aromatic rings. The molecule has 0 aliphatic heterocycles. The summed E-state index contributed by atoms with van der Waals surface area (Å²) in [6.45, 7) is 13.6. The molecular weight excluding hydrogens is 254 g/mol. The van der Waals surface area contributed by atoms with E-state index < -0.39 is 0 Å². The smallest absolute Gasteiger partial charge is 0.218 e. The maximum Gasteiger partial charge on any atom is 0.218 e. The lowest BCUT2D eigenvalue weighted by molar-refractivity contribution is 0.143. The lowest BCUT2D eigenvalue weighted by atomic mass is 9.96. The van der Waals surface area contributed by atoms with Gasteiger partial charge in [-0.15, -0.1) is 0 Å². The molecular formula is C15H27N3O2. The number of nitrogens with one attached hydrogen (secondary N) is 1. The number of aromatic nitrogens is 2. The molecule has 0 aromatic carbocycles. The Kier molecular flexibility index (Phi) is 5.34. The zero-order valence-corrected chi connectivity index (χ0v) is 13.7. The van der Waals surface area contributed by atoms with Crippen LogP contribution in [0.4, 0.5) is 5.82 Å². The van der Waals surface area contributed by atoms with E-state index in [-0.39, 0.29) is 11.0 Å². The van der Waals surface area contributed by atoms with Crippen LogP contribution in [0.25, 0.3) is 0 Å². The van der Waals surface area contributed by atoms with Gasteiger partial charge in [0.15, 0.2) is 0 Å². The van der Waals surface area contributed by atoms with Crippen LogP contribution in [0.15, 0.2) is 6.07 Å². The van der Waals surface area contributed by atoms with Crippen molar-refractivity contribution in [3.05, 3.63) is 11.9 Å². The third-order valence-electron chi connectivity index (χ3n) is 2.41. The average Bonchev–Trinajstić information content (AvgIpc) is 2.25. The average molecular weight is 281 g/mol. The van der Waals surface area contributed by atoms with E-state index in [4.69, 9.17) is 9.47 Å². The van der Waals surface area contributed by atoms with Crippen LogP contribution in [0.1, 0.15) is 47.4 Å². The topological polar surface area (TPSA) is 56.3 Å². The van der Waals surface area contributed by atoms with E-state index in [0.29, 0.717) is 19.1 Å². The highest BCUT2D eigenvalue weighted by molar-refractivity contribution is 5.41. The molecule has 1 N–H and O–H groups in total. The Morgan fingerprint density at radius 3 is 2.20 bits per heavy atom. The predicted molar refractivity (Wildman–Crippen MR) is 81.5 cm³/mol. The summed E-state index contributed by atoms with van der Waals surface area (Å²) in [6.07, 6.45) is 0. The second-order valence-electron chi connectivity index (χ2n) is 6.88. The van der Waals surface area contributed by atoms with Gasteiger partial charge in [0.1, 0.15) is 18.2 Å². The number of rotatable bonds is 5. The van der Waals surface area contributed by atoms with Crippen LogP contribution >= 0.6 is 0 Å². The van der Waals surface area contributed by atoms with E-state index in [2.05, 4.69) is 56.8 Å². The summed E-state index contributed by atoms with van der Waals surface area (Å²) in [7, 11) is 1.65. The van der Waals surface area contributed by atoms with Crippen LogP contribution in [0, 0.1) is 0 Å². The van der Waals surface area contributed by atoms with Gasteiger partial charge in [-0.1, -0.05) is 20.8 Å². The molecule has 5 nitrogen and oxygen atoms in total. The molecule has 1 heterocycles. The molecule has 20 heavy (non-hydrogen) atoms. The van der Waals surface area contributed by atoms with Crippen molar-refractivity contribution in [3.63, 3.8) is 0 Å². The molecule has 0 aliphatic rings. The van der Waals surface area contributed by atoms with E-state index >= 15 is 0 Å². The van der Waals surface area contributed by atoms with Crippen LogP contribution < -0.4 is 10.1 Å². The normalized spacial score (nSPS) is 12.3.